The minimum Gasteiger partial charge on any atom is -0.493 e. The van der Waals surface area contributed by atoms with Crippen LogP contribution in [0, 0.1) is 0 Å². The molecule has 242 valence electrons. The van der Waals surface area contributed by atoms with Gasteiger partial charge in [-0.2, -0.15) is 5.10 Å². The Bertz CT molecular complexity index is 1680. The molecule has 0 spiro atoms. The van der Waals surface area contributed by atoms with Crippen molar-refractivity contribution < 1.29 is 38.1 Å². The molecule has 3 N–H and O–H groups in total. The molecule has 4 rings (SSSR count). The van der Waals surface area contributed by atoms with Gasteiger partial charge in [0.25, 0.3) is 5.91 Å². The fourth-order valence-corrected chi connectivity index (χ4v) is 4.76. The van der Waals surface area contributed by atoms with Crippen LogP contribution in [0.3, 0.4) is 0 Å². The first kappa shape index (κ1) is 33.9. The number of hydrogen-bond donors (Lipinski definition) is 3. The maximum Gasteiger partial charge on any atom is 0.338 e. The summed E-state index contributed by atoms with van der Waals surface area (Å²) in [5.74, 6) is 0.454. The van der Waals surface area contributed by atoms with E-state index in [2.05, 4.69) is 21.2 Å². The number of urea groups is 1. The van der Waals surface area contributed by atoms with Crippen LogP contribution in [0.25, 0.3) is 0 Å². The molecule has 0 radical (unpaired) electrons. The molecule has 3 aromatic carbocycles. The molecule has 1 heterocycles. The molecule has 3 aromatic rings. The summed E-state index contributed by atoms with van der Waals surface area (Å²) in [6.07, 6.45) is 1.45. The summed E-state index contributed by atoms with van der Waals surface area (Å²) in [6.45, 7) is 3.38. The van der Waals surface area contributed by atoms with Gasteiger partial charge in [-0.25, -0.2) is 15.0 Å². The Morgan fingerprint density at radius 2 is 1.65 bits per heavy atom. The number of nitrogens with zero attached hydrogens (tertiary/aromatic N) is 1. The highest BCUT2D eigenvalue weighted by molar-refractivity contribution is 6.42. The SMILES string of the molecule is CCOC(=O)C1=C(C)NC(=O)N[C@H]1c1ccc(OCC(=O)N/N=C\c2ccc(OCc3ccc(Cl)c(Cl)c3)c(OC)c2)c(OC)c1. The number of amides is 3. The van der Waals surface area contributed by atoms with Gasteiger partial charge in [0.15, 0.2) is 29.6 Å². The van der Waals surface area contributed by atoms with E-state index in [1.165, 1.54) is 20.4 Å². The molecular formula is C32H32Cl2N4O8. The summed E-state index contributed by atoms with van der Waals surface area (Å²) in [5.41, 5.74) is 5.09. The highest BCUT2D eigenvalue weighted by Crippen LogP contribution is 2.35. The van der Waals surface area contributed by atoms with E-state index in [1.807, 2.05) is 6.07 Å². The number of halogens is 2. The maximum absolute atomic E-state index is 12.6. The first-order valence-corrected chi connectivity index (χ1v) is 14.7. The Morgan fingerprint density at radius 3 is 2.37 bits per heavy atom. The van der Waals surface area contributed by atoms with Crippen molar-refractivity contribution in [2.45, 2.75) is 26.5 Å². The zero-order valence-corrected chi connectivity index (χ0v) is 27.0. The molecule has 0 aliphatic carbocycles. The Labute approximate surface area is 275 Å². The topological polar surface area (TPSA) is 146 Å². The number of carbonyl (C=O) groups is 3. The monoisotopic (exact) mass is 670 g/mol. The van der Waals surface area contributed by atoms with Gasteiger partial charge in [0.2, 0.25) is 0 Å². The second-order valence-electron chi connectivity index (χ2n) is 9.73. The lowest BCUT2D eigenvalue weighted by Gasteiger charge is -2.28. The third-order valence-corrected chi connectivity index (χ3v) is 7.35. The van der Waals surface area contributed by atoms with Crippen LogP contribution in [0.4, 0.5) is 4.79 Å². The van der Waals surface area contributed by atoms with Gasteiger partial charge in [-0.05, 0) is 73.0 Å². The lowest BCUT2D eigenvalue weighted by atomic mass is 9.95. The van der Waals surface area contributed by atoms with Crippen molar-refractivity contribution in [3.05, 3.63) is 92.6 Å². The molecule has 3 amide bonds. The first-order chi connectivity index (χ1) is 22.1. The number of nitrogens with one attached hydrogen (secondary N) is 3. The molecule has 46 heavy (non-hydrogen) atoms. The quantitative estimate of drug-likeness (QED) is 0.126. The van der Waals surface area contributed by atoms with Crippen LogP contribution in [0.5, 0.6) is 23.0 Å². The lowest BCUT2D eigenvalue weighted by molar-refractivity contribution is -0.139. The second-order valence-corrected chi connectivity index (χ2v) is 10.5. The average molecular weight is 672 g/mol. The lowest BCUT2D eigenvalue weighted by Crippen LogP contribution is -2.45. The zero-order chi connectivity index (χ0) is 33.2. The van der Waals surface area contributed by atoms with Crippen molar-refractivity contribution in [2.24, 2.45) is 5.10 Å². The molecular weight excluding hydrogens is 639 g/mol. The van der Waals surface area contributed by atoms with E-state index in [4.69, 9.17) is 46.9 Å². The summed E-state index contributed by atoms with van der Waals surface area (Å²) in [5, 5.41) is 10.2. The van der Waals surface area contributed by atoms with Crippen LogP contribution in [0.15, 0.2) is 71.0 Å². The predicted molar refractivity (Wildman–Crippen MR) is 172 cm³/mol. The number of benzene rings is 3. The van der Waals surface area contributed by atoms with Crippen molar-refractivity contribution in [3.8, 4) is 23.0 Å². The van der Waals surface area contributed by atoms with Crippen molar-refractivity contribution in [1.29, 1.82) is 0 Å². The van der Waals surface area contributed by atoms with Gasteiger partial charge in [0, 0.05) is 5.70 Å². The number of carbonyl (C=O) groups excluding carboxylic acids is 3. The summed E-state index contributed by atoms with van der Waals surface area (Å²) >= 11 is 12.0. The number of allylic oxidation sites excluding steroid dienone is 1. The molecule has 0 saturated carbocycles. The second kappa shape index (κ2) is 15.9. The van der Waals surface area contributed by atoms with E-state index in [1.54, 1.807) is 62.4 Å². The third-order valence-electron chi connectivity index (χ3n) is 6.61. The maximum atomic E-state index is 12.6. The van der Waals surface area contributed by atoms with Crippen molar-refractivity contribution in [2.75, 3.05) is 27.4 Å². The van der Waals surface area contributed by atoms with Gasteiger partial charge in [-0.15, -0.1) is 0 Å². The summed E-state index contributed by atoms with van der Waals surface area (Å²) in [4.78, 5) is 37.2. The van der Waals surface area contributed by atoms with Crippen LogP contribution in [0.2, 0.25) is 10.0 Å². The summed E-state index contributed by atoms with van der Waals surface area (Å²) in [7, 11) is 2.95. The third kappa shape index (κ3) is 8.61. The van der Waals surface area contributed by atoms with Gasteiger partial charge >= 0.3 is 12.0 Å². The fourth-order valence-electron chi connectivity index (χ4n) is 4.43. The highest BCUT2D eigenvalue weighted by Gasteiger charge is 2.32. The predicted octanol–water partition coefficient (Wildman–Crippen LogP) is 5.31. The van der Waals surface area contributed by atoms with Crippen LogP contribution in [-0.2, 0) is 20.9 Å². The molecule has 1 aliphatic rings. The molecule has 0 aromatic heterocycles. The highest BCUT2D eigenvalue weighted by atomic mass is 35.5. The molecule has 0 saturated heterocycles. The van der Waals surface area contributed by atoms with Crippen LogP contribution < -0.4 is 35.0 Å². The first-order valence-electron chi connectivity index (χ1n) is 14.0. The number of hydrogen-bond acceptors (Lipinski definition) is 9. The van der Waals surface area contributed by atoms with E-state index in [-0.39, 0.29) is 36.9 Å². The number of rotatable bonds is 13. The van der Waals surface area contributed by atoms with Gasteiger partial charge in [-0.1, -0.05) is 35.3 Å². The average Bonchev–Trinajstić information content (AvgIpc) is 3.04. The minimum atomic E-state index is -0.782. The van der Waals surface area contributed by atoms with Crippen LogP contribution in [-0.4, -0.2) is 51.6 Å². The van der Waals surface area contributed by atoms with E-state index in [9.17, 15) is 14.4 Å². The zero-order valence-electron chi connectivity index (χ0n) is 25.4. The van der Waals surface area contributed by atoms with E-state index in [0.29, 0.717) is 38.4 Å². The normalized spacial score (nSPS) is 14.3. The Morgan fingerprint density at radius 1 is 0.935 bits per heavy atom. The largest absolute Gasteiger partial charge is 0.493 e. The summed E-state index contributed by atoms with van der Waals surface area (Å²) in [6, 6.07) is 14.0. The Balaban J connectivity index is 1.35. The molecule has 1 atom stereocenters. The van der Waals surface area contributed by atoms with E-state index < -0.39 is 23.9 Å². The standard InChI is InChI=1S/C32H32Cl2N4O8/c1-5-44-31(40)29-18(2)36-32(41)37-30(29)21-8-11-25(27(14-21)43-4)46-17-28(39)38-35-15-19-7-10-24(26(13-19)42-3)45-16-20-6-9-22(33)23(34)12-20/h6-15,30H,5,16-17H2,1-4H3,(H,38,39)(H2,36,37,41)/b35-15-/t30-/m0/s1. The van der Waals surface area contributed by atoms with Gasteiger partial charge in [0.05, 0.1) is 48.7 Å². The molecule has 0 fully saturated rings. The number of esters is 1. The molecule has 0 bridgehead atoms. The van der Waals surface area contributed by atoms with Gasteiger partial charge < -0.3 is 34.3 Å². The number of hydrazone groups is 1. The van der Waals surface area contributed by atoms with Crippen molar-refractivity contribution in [1.82, 2.24) is 16.1 Å². The van der Waals surface area contributed by atoms with E-state index >= 15 is 0 Å². The molecule has 0 unspecified atom stereocenters. The summed E-state index contributed by atoms with van der Waals surface area (Å²) < 4.78 is 27.6. The smallest absolute Gasteiger partial charge is 0.338 e. The molecule has 14 heteroatoms. The molecule has 12 nitrogen and oxygen atoms in total. The van der Waals surface area contributed by atoms with Crippen molar-refractivity contribution in [3.63, 3.8) is 0 Å². The minimum absolute atomic E-state index is 0.177. The van der Waals surface area contributed by atoms with Gasteiger partial charge in [0.1, 0.15) is 6.61 Å². The number of ether oxygens (including phenoxy) is 5. The number of methoxy groups -OCH3 is 2. The fraction of sp³-hybridized carbons (Fsp3) is 0.250. The Kier molecular flexibility index (Phi) is 11.7. The van der Waals surface area contributed by atoms with Crippen LogP contribution >= 0.6 is 23.2 Å². The van der Waals surface area contributed by atoms with E-state index in [0.717, 1.165) is 5.56 Å². The van der Waals surface area contributed by atoms with Gasteiger partial charge in [-0.3, -0.25) is 4.79 Å². The molecule has 1 aliphatic heterocycles. The van der Waals surface area contributed by atoms with Crippen LogP contribution in [0.1, 0.15) is 36.6 Å². The van der Waals surface area contributed by atoms with Crippen molar-refractivity contribution >= 4 is 47.3 Å². The Hall–Kier alpha value is -4.94.